The van der Waals surface area contributed by atoms with Crippen LogP contribution in [0.25, 0.3) is 10.2 Å². The predicted molar refractivity (Wildman–Crippen MR) is 131 cm³/mol. The molecule has 0 spiro atoms. The van der Waals surface area contributed by atoms with Crippen molar-refractivity contribution in [3.05, 3.63) is 59.1 Å². The van der Waals surface area contributed by atoms with Gasteiger partial charge < -0.3 is 14.7 Å². The van der Waals surface area contributed by atoms with E-state index in [0.29, 0.717) is 6.54 Å². The molecule has 0 saturated carbocycles. The molecule has 7 nitrogen and oxygen atoms in total. The van der Waals surface area contributed by atoms with Crippen LogP contribution in [0.5, 0.6) is 5.75 Å². The van der Waals surface area contributed by atoms with E-state index in [1.54, 1.807) is 11.3 Å². The van der Waals surface area contributed by atoms with Gasteiger partial charge in [-0.15, -0.1) is 11.3 Å². The van der Waals surface area contributed by atoms with Crippen molar-refractivity contribution in [2.45, 2.75) is 25.6 Å². The highest BCUT2D eigenvalue weighted by atomic mass is 32.1. The largest absolute Gasteiger partial charge is 0.491 e. The summed E-state index contributed by atoms with van der Waals surface area (Å²) in [4.78, 5) is 14.9. The number of aliphatic hydroxyl groups is 1. The number of hydrogen-bond acceptors (Lipinski definition) is 8. The second kappa shape index (κ2) is 10.2. The molecule has 3 heterocycles. The summed E-state index contributed by atoms with van der Waals surface area (Å²) >= 11 is 1.68. The fourth-order valence-corrected chi connectivity index (χ4v) is 5.23. The second-order valence-electron chi connectivity index (χ2n) is 8.76. The van der Waals surface area contributed by atoms with Crippen LogP contribution in [0.4, 0.5) is 0 Å². The van der Waals surface area contributed by atoms with Gasteiger partial charge in [-0.3, -0.25) is 9.80 Å². The lowest BCUT2D eigenvalue weighted by Gasteiger charge is -2.36. The molecule has 1 aromatic heterocycles. The third kappa shape index (κ3) is 5.70. The van der Waals surface area contributed by atoms with Crippen LogP contribution in [0.3, 0.4) is 0 Å². The van der Waals surface area contributed by atoms with E-state index in [4.69, 9.17) is 9.57 Å². The fraction of sp³-hybridized carbons (Fsp3) is 0.440. The third-order valence-corrected chi connectivity index (χ3v) is 7.10. The number of aliphatic hydroxyl groups excluding tert-OH is 1. The second-order valence-corrected chi connectivity index (χ2v) is 10.00. The van der Waals surface area contributed by atoms with Crippen LogP contribution in [-0.4, -0.2) is 83.7 Å². The molecule has 33 heavy (non-hydrogen) atoms. The molecular formula is C25H30N4O3S. The van der Waals surface area contributed by atoms with Gasteiger partial charge in [-0.25, -0.2) is 4.98 Å². The Balaban J connectivity index is 1.02. The third-order valence-electron chi connectivity index (χ3n) is 6.14. The summed E-state index contributed by atoms with van der Waals surface area (Å²) in [6, 6.07) is 16.2. The first-order valence-corrected chi connectivity index (χ1v) is 12.3. The molecule has 0 bridgehead atoms. The minimum atomic E-state index is -0.524. The molecule has 0 unspecified atom stereocenters. The van der Waals surface area contributed by atoms with Crippen molar-refractivity contribution in [2.75, 3.05) is 45.9 Å². The zero-order valence-corrected chi connectivity index (χ0v) is 19.7. The number of hydrogen-bond donors (Lipinski definition) is 1. The van der Waals surface area contributed by atoms with E-state index in [0.717, 1.165) is 71.4 Å². The lowest BCUT2D eigenvalue weighted by Crippen LogP contribution is -2.50. The molecule has 2 aliphatic rings. The summed E-state index contributed by atoms with van der Waals surface area (Å²) in [5.41, 5.74) is 3.13. The first-order valence-electron chi connectivity index (χ1n) is 11.5. The number of thiazole rings is 1. The van der Waals surface area contributed by atoms with Gasteiger partial charge in [0.15, 0.2) is 0 Å². The predicted octanol–water partition coefficient (Wildman–Crippen LogP) is 3.16. The van der Waals surface area contributed by atoms with Crippen LogP contribution >= 0.6 is 11.3 Å². The van der Waals surface area contributed by atoms with Gasteiger partial charge in [0.25, 0.3) is 0 Å². The topological polar surface area (TPSA) is 70.4 Å². The number of β-amino-alcohol motifs (C(OH)–C–C–N with tert-alkyl or cyclic N) is 1. The highest BCUT2D eigenvalue weighted by Crippen LogP contribution is 2.25. The highest BCUT2D eigenvalue weighted by molar-refractivity contribution is 7.18. The molecule has 0 amide bonds. The average molecular weight is 467 g/mol. The van der Waals surface area contributed by atoms with Crippen molar-refractivity contribution in [1.29, 1.82) is 0 Å². The van der Waals surface area contributed by atoms with Gasteiger partial charge in [-0.2, -0.15) is 0 Å². The maximum atomic E-state index is 10.5. The van der Waals surface area contributed by atoms with Crippen LogP contribution < -0.4 is 4.74 Å². The van der Waals surface area contributed by atoms with Gasteiger partial charge in [0.2, 0.25) is 0 Å². The Hall–Kier alpha value is -2.52. The molecule has 2 aromatic carbocycles. The van der Waals surface area contributed by atoms with E-state index in [-0.39, 0.29) is 12.7 Å². The number of piperazine rings is 1. The normalized spacial score (nSPS) is 20.5. The molecule has 5 rings (SSSR count). The maximum Gasteiger partial charge on any atom is 0.145 e. The van der Waals surface area contributed by atoms with E-state index in [1.165, 1.54) is 0 Å². The van der Waals surface area contributed by atoms with Crippen molar-refractivity contribution < 1.29 is 14.7 Å². The number of nitrogens with zero attached hydrogens (tertiary/aromatic N) is 4. The summed E-state index contributed by atoms with van der Waals surface area (Å²) in [5.74, 6) is 0.755. The highest BCUT2D eigenvalue weighted by Gasteiger charge is 2.27. The molecule has 2 aliphatic heterocycles. The van der Waals surface area contributed by atoms with Crippen LogP contribution in [0.2, 0.25) is 0 Å². The number of benzene rings is 2. The van der Waals surface area contributed by atoms with Gasteiger partial charge in [0.05, 0.1) is 20.9 Å². The average Bonchev–Trinajstić information content (AvgIpc) is 3.45. The SMILES string of the molecule is Cc1nc2cc(OC[C@H](O)CN3CCN(C[C@H]4CC(c5ccccc5)=NO4)CC3)ccc2s1. The molecule has 2 atom stereocenters. The number of oxime groups is 1. The number of rotatable bonds is 8. The molecule has 1 saturated heterocycles. The molecule has 0 aliphatic carbocycles. The molecule has 174 valence electrons. The van der Waals surface area contributed by atoms with Gasteiger partial charge in [-0.1, -0.05) is 35.5 Å². The first kappa shape index (κ1) is 22.3. The van der Waals surface area contributed by atoms with E-state index >= 15 is 0 Å². The lowest BCUT2D eigenvalue weighted by atomic mass is 10.0. The molecule has 1 N–H and O–H groups in total. The zero-order chi connectivity index (χ0) is 22.6. The number of aromatic nitrogens is 1. The smallest absolute Gasteiger partial charge is 0.145 e. The summed E-state index contributed by atoms with van der Waals surface area (Å²) in [6.45, 7) is 7.59. The number of fused-ring (bicyclic) bond motifs is 1. The van der Waals surface area contributed by atoms with E-state index < -0.39 is 6.10 Å². The quantitative estimate of drug-likeness (QED) is 0.550. The Labute approximate surface area is 198 Å². The Morgan fingerprint density at radius 2 is 1.91 bits per heavy atom. The van der Waals surface area contributed by atoms with Gasteiger partial charge in [0, 0.05) is 51.8 Å². The first-order chi connectivity index (χ1) is 16.1. The number of aryl methyl sites for hydroxylation is 1. The van der Waals surface area contributed by atoms with E-state index in [9.17, 15) is 5.11 Å². The Morgan fingerprint density at radius 3 is 2.73 bits per heavy atom. The summed E-state index contributed by atoms with van der Waals surface area (Å²) < 4.78 is 6.99. The fourth-order valence-electron chi connectivity index (χ4n) is 4.43. The Bertz CT molecular complexity index is 1100. The van der Waals surface area contributed by atoms with E-state index in [1.807, 2.05) is 43.3 Å². The van der Waals surface area contributed by atoms with Crippen LogP contribution in [0.15, 0.2) is 53.7 Å². The van der Waals surface area contributed by atoms with Crippen molar-refractivity contribution >= 4 is 27.3 Å². The van der Waals surface area contributed by atoms with Crippen molar-refractivity contribution in [1.82, 2.24) is 14.8 Å². The summed E-state index contributed by atoms with van der Waals surface area (Å²) in [7, 11) is 0. The van der Waals surface area contributed by atoms with Crippen LogP contribution in [0, 0.1) is 6.92 Å². The van der Waals surface area contributed by atoms with Gasteiger partial charge >= 0.3 is 0 Å². The van der Waals surface area contributed by atoms with Crippen molar-refractivity contribution in [2.24, 2.45) is 5.16 Å². The van der Waals surface area contributed by atoms with Gasteiger partial charge in [0.1, 0.15) is 24.6 Å². The minimum Gasteiger partial charge on any atom is -0.491 e. The van der Waals surface area contributed by atoms with Crippen molar-refractivity contribution in [3.63, 3.8) is 0 Å². The molecule has 0 radical (unpaired) electrons. The minimum absolute atomic E-state index is 0.115. The van der Waals surface area contributed by atoms with Crippen LogP contribution in [0.1, 0.15) is 17.0 Å². The van der Waals surface area contributed by atoms with E-state index in [2.05, 4.69) is 32.1 Å². The standard InChI is InChI=1S/C25H30N4O3S/c1-18-26-24-13-21(7-8-25(24)33-18)31-17-20(30)15-28-9-11-29(12-10-28)16-22-14-23(27-32-22)19-5-3-2-4-6-19/h2-8,13,20,22,30H,9-12,14-17H2,1H3/t20-,22-/m1/s1. The lowest BCUT2D eigenvalue weighted by molar-refractivity contribution is 0.0187. The Morgan fingerprint density at radius 1 is 1.12 bits per heavy atom. The molecular weight excluding hydrogens is 436 g/mol. The summed E-state index contributed by atoms with van der Waals surface area (Å²) in [6.07, 6.45) is 0.445. The van der Waals surface area contributed by atoms with Gasteiger partial charge in [-0.05, 0) is 24.6 Å². The Kier molecular flexibility index (Phi) is 6.87. The van der Waals surface area contributed by atoms with Crippen molar-refractivity contribution in [3.8, 4) is 5.75 Å². The molecule has 1 fully saturated rings. The van der Waals surface area contributed by atoms with Crippen LogP contribution in [-0.2, 0) is 4.84 Å². The molecule has 3 aromatic rings. The number of ether oxygens (including phenoxy) is 1. The molecule has 8 heteroatoms. The maximum absolute atomic E-state index is 10.5. The monoisotopic (exact) mass is 466 g/mol. The summed E-state index contributed by atoms with van der Waals surface area (Å²) in [5, 5.41) is 15.8. The zero-order valence-electron chi connectivity index (χ0n) is 18.9.